The van der Waals surface area contributed by atoms with Gasteiger partial charge < -0.3 is 14.1 Å². The largest absolute Gasteiger partial charge is 0.744 e. The van der Waals surface area contributed by atoms with E-state index in [9.17, 15) is 13.0 Å². The van der Waals surface area contributed by atoms with Crippen molar-refractivity contribution in [3.05, 3.63) is 29.8 Å². The van der Waals surface area contributed by atoms with E-state index >= 15 is 0 Å². The van der Waals surface area contributed by atoms with E-state index in [2.05, 4.69) is 21.1 Å². The number of hydrogen-bond acceptors (Lipinski definition) is 4. The lowest BCUT2D eigenvalue weighted by Crippen LogP contribution is -2.35. The molecule has 20 heavy (non-hydrogen) atoms. The maximum absolute atomic E-state index is 10.4. The number of aliphatic hydroxyl groups excluding tert-OH is 1. The molecule has 0 unspecified atom stereocenters. The summed E-state index contributed by atoms with van der Waals surface area (Å²) in [6, 6.07) is 5.78. The van der Waals surface area contributed by atoms with E-state index in [0.29, 0.717) is 6.61 Å². The Hall–Kier alpha value is -0.950. The van der Waals surface area contributed by atoms with Crippen LogP contribution in [0.2, 0.25) is 0 Å². The van der Waals surface area contributed by atoms with E-state index in [4.69, 9.17) is 5.11 Å². The predicted octanol–water partition coefficient (Wildman–Crippen LogP) is 1.36. The summed E-state index contributed by atoms with van der Waals surface area (Å²) in [4.78, 5) is -0.178. The summed E-state index contributed by atoms with van der Waals surface area (Å²) in [5, 5.41) is 8.46. The molecule has 6 heteroatoms. The highest BCUT2D eigenvalue weighted by Gasteiger charge is 2.04. The van der Waals surface area contributed by atoms with Gasteiger partial charge in [0, 0.05) is 6.61 Å². The van der Waals surface area contributed by atoms with Crippen molar-refractivity contribution in [2.75, 3.05) is 34.3 Å². The molecule has 0 saturated carbocycles. The molecule has 116 valence electrons. The van der Waals surface area contributed by atoms with Crippen LogP contribution in [0.3, 0.4) is 0 Å². The summed E-state index contributed by atoms with van der Waals surface area (Å²) < 4.78 is 32.2. The van der Waals surface area contributed by atoms with E-state index < -0.39 is 10.1 Å². The van der Waals surface area contributed by atoms with Crippen LogP contribution < -0.4 is 0 Å². The Morgan fingerprint density at radius 2 is 1.60 bits per heavy atom. The van der Waals surface area contributed by atoms with Gasteiger partial charge in [-0.25, -0.2) is 8.42 Å². The molecule has 0 aliphatic carbocycles. The van der Waals surface area contributed by atoms with Crippen LogP contribution >= 0.6 is 0 Å². The Labute approximate surface area is 122 Å². The lowest BCUT2D eigenvalue weighted by Gasteiger charge is -2.23. The van der Waals surface area contributed by atoms with Crippen LogP contribution in [0.15, 0.2) is 29.2 Å². The van der Waals surface area contributed by atoms with E-state index in [1.165, 1.54) is 12.1 Å². The summed E-state index contributed by atoms with van der Waals surface area (Å²) in [5.74, 6) is 0. The zero-order chi connectivity index (χ0) is 15.8. The molecule has 0 saturated heterocycles. The quantitative estimate of drug-likeness (QED) is 0.506. The third-order valence-corrected chi connectivity index (χ3v) is 3.40. The molecule has 0 bridgehead atoms. The molecule has 0 amide bonds. The number of rotatable bonds is 5. The van der Waals surface area contributed by atoms with Crippen molar-refractivity contribution in [1.29, 1.82) is 0 Å². The molecule has 1 aromatic rings. The SMILES string of the molecule is C[N+](C)(C)CCCCO.Cc1ccc(S(=O)(=O)[O-])cc1. The van der Waals surface area contributed by atoms with Crippen molar-refractivity contribution >= 4 is 10.1 Å². The molecule has 0 aliphatic heterocycles. The van der Waals surface area contributed by atoms with Gasteiger partial charge >= 0.3 is 0 Å². The standard InChI is InChI=1S/C7H18NO.C7H8O3S/c1-8(2,3)6-4-5-7-9;1-6-2-4-7(5-3-6)11(8,9)10/h9H,4-7H2,1-3H3;2-5H,1H3,(H,8,9,10)/q+1;/p-1. The Bertz CT molecular complexity index is 475. The number of aryl methyl sites for hydroxylation is 1. The van der Waals surface area contributed by atoms with Gasteiger partial charge in [-0.3, -0.25) is 0 Å². The number of aliphatic hydroxyl groups is 1. The first-order chi connectivity index (χ1) is 9.06. The third-order valence-electron chi connectivity index (χ3n) is 2.55. The number of nitrogens with zero attached hydrogens (tertiary/aromatic N) is 1. The van der Waals surface area contributed by atoms with Gasteiger partial charge in [-0.05, 0) is 31.9 Å². The van der Waals surface area contributed by atoms with Crippen molar-refractivity contribution in [2.24, 2.45) is 0 Å². The van der Waals surface area contributed by atoms with Crippen LogP contribution in [-0.4, -0.2) is 56.9 Å². The molecule has 0 radical (unpaired) electrons. The molecule has 0 atom stereocenters. The average Bonchev–Trinajstić information content (AvgIpc) is 2.28. The average molecular weight is 303 g/mol. The van der Waals surface area contributed by atoms with E-state index in [1.54, 1.807) is 12.1 Å². The van der Waals surface area contributed by atoms with E-state index in [-0.39, 0.29) is 4.90 Å². The fraction of sp³-hybridized carbons (Fsp3) is 0.571. The zero-order valence-corrected chi connectivity index (χ0v) is 13.5. The van der Waals surface area contributed by atoms with E-state index in [1.807, 2.05) is 6.92 Å². The van der Waals surface area contributed by atoms with Crippen LogP contribution in [0.25, 0.3) is 0 Å². The lowest BCUT2D eigenvalue weighted by molar-refractivity contribution is -0.870. The Kier molecular flexibility index (Phi) is 7.96. The van der Waals surface area contributed by atoms with Gasteiger partial charge in [0.25, 0.3) is 0 Å². The molecule has 0 aromatic heterocycles. The summed E-state index contributed by atoms with van der Waals surface area (Å²) in [5.41, 5.74) is 0.928. The van der Waals surface area contributed by atoms with Crippen molar-refractivity contribution in [2.45, 2.75) is 24.7 Å². The van der Waals surface area contributed by atoms with Gasteiger partial charge in [-0.15, -0.1) is 0 Å². The number of benzene rings is 1. The topological polar surface area (TPSA) is 77.4 Å². The first kappa shape index (κ1) is 19.1. The first-order valence-corrected chi connectivity index (χ1v) is 7.91. The van der Waals surface area contributed by atoms with Crippen LogP contribution in [0.4, 0.5) is 0 Å². The fourth-order valence-electron chi connectivity index (χ4n) is 1.40. The number of hydrogen-bond donors (Lipinski definition) is 1. The normalized spacial score (nSPS) is 11.7. The minimum atomic E-state index is -4.27. The summed E-state index contributed by atoms with van der Waals surface area (Å²) >= 11 is 0. The number of quaternary nitrogens is 1. The molecule has 1 rings (SSSR count). The number of unbranched alkanes of at least 4 members (excludes halogenated alkanes) is 1. The maximum Gasteiger partial charge on any atom is 0.124 e. The molecule has 1 N–H and O–H groups in total. The third kappa shape index (κ3) is 9.91. The van der Waals surface area contributed by atoms with Gasteiger partial charge in [-0.1, -0.05) is 17.7 Å². The van der Waals surface area contributed by atoms with Crippen LogP contribution in [0, 0.1) is 6.92 Å². The van der Waals surface area contributed by atoms with Crippen molar-refractivity contribution in [1.82, 2.24) is 0 Å². The summed E-state index contributed by atoms with van der Waals surface area (Å²) in [7, 11) is 2.22. The second-order valence-electron chi connectivity index (χ2n) is 5.71. The van der Waals surface area contributed by atoms with Gasteiger partial charge in [0.2, 0.25) is 0 Å². The molecule has 0 spiro atoms. The van der Waals surface area contributed by atoms with Crippen LogP contribution in [-0.2, 0) is 10.1 Å². The molecule has 0 fully saturated rings. The summed E-state index contributed by atoms with van der Waals surface area (Å²) in [6.07, 6.45) is 2.06. The Balaban J connectivity index is 0.000000370. The zero-order valence-electron chi connectivity index (χ0n) is 12.7. The highest BCUT2D eigenvalue weighted by molar-refractivity contribution is 7.85. The van der Waals surface area contributed by atoms with Crippen molar-refractivity contribution in [3.8, 4) is 0 Å². The monoisotopic (exact) mass is 303 g/mol. The summed E-state index contributed by atoms with van der Waals surface area (Å²) in [6.45, 7) is 3.31. The lowest BCUT2D eigenvalue weighted by atomic mass is 10.2. The Morgan fingerprint density at radius 1 is 1.10 bits per heavy atom. The fourth-order valence-corrected chi connectivity index (χ4v) is 1.87. The van der Waals surface area contributed by atoms with Gasteiger partial charge in [0.05, 0.1) is 32.6 Å². The van der Waals surface area contributed by atoms with Crippen molar-refractivity contribution < 1.29 is 22.6 Å². The second kappa shape index (κ2) is 8.36. The predicted molar refractivity (Wildman–Crippen MR) is 78.4 cm³/mol. The minimum Gasteiger partial charge on any atom is -0.744 e. The Morgan fingerprint density at radius 3 is 1.95 bits per heavy atom. The highest BCUT2D eigenvalue weighted by Crippen LogP contribution is 2.08. The molecule has 1 aromatic carbocycles. The molecule has 0 aliphatic rings. The van der Waals surface area contributed by atoms with Crippen molar-refractivity contribution in [3.63, 3.8) is 0 Å². The first-order valence-electron chi connectivity index (χ1n) is 6.50. The van der Waals surface area contributed by atoms with Gasteiger partial charge in [-0.2, -0.15) is 0 Å². The second-order valence-corrected chi connectivity index (χ2v) is 7.09. The van der Waals surface area contributed by atoms with Gasteiger partial charge in [0.15, 0.2) is 0 Å². The van der Waals surface area contributed by atoms with Gasteiger partial charge in [0.1, 0.15) is 10.1 Å². The molecular weight excluding hydrogens is 278 g/mol. The van der Waals surface area contributed by atoms with E-state index in [0.717, 1.165) is 29.4 Å². The van der Waals surface area contributed by atoms with Crippen LogP contribution in [0.1, 0.15) is 18.4 Å². The maximum atomic E-state index is 10.4. The smallest absolute Gasteiger partial charge is 0.124 e. The van der Waals surface area contributed by atoms with Crippen LogP contribution in [0.5, 0.6) is 0 Å². The molecule has 0 heterocycles. The highest BCUT2D eigenvalue weighted by atomic mass is 32.2. The molecular formula is C14H25NO4S. The molecule has 5 nitrogen and oxygen atoms in total. The minimum absolute atomic E-state index is 0.178.